The second-order valence-corrected chi connectivity index (χ2v) is 44.4. The van der Waals surface area contributed by atoms with Crippen molar-refractivity contribution in [1.29, 1.82) is 0 Å². The van der Waals surface area contributed by atoms with Gasteiger partial charge in [0, 0.05) is 42.9 Å². The summed E-state index contributed by atoms with van der Waals surface area (Å²) in [7, 11) is -2.50. The second kappa shape index (κ2) is 39.8. The van der Waals surface area contributed by atoms with Gasteiger partial charge in [0.1, 0.15) is 103 Å². The number of quaternary nitrogens is 4. The van der Waals surface area contributed by atoms with Crippen molar-refractivity contribution >= 4 is 144 Å². The third-order valence-electron chi connectivity index (χ3n) is 17.6. The van der Waals surface area contributed by atoms with Crippen molar-refractivity contribution in [2.24, 2.45) is 27.1 Å². The molecule has 0 aliphatic rings. The molecule has 0 amide bonds. The highest BCUT2D eigenvalue weighted by Crippen LogP contribution is 2.40. The largest absolute Gasteiger partial charge is 0.778 e. The van der Waals surface area contributed by atoms with Gasteiger partial charge in [-0.15, -0.1) is 0 Å². The molecule has 0 aromatic heterocycles. The van der Waals surface area contributed by atoms with Gasteiger partial charge in [0.2, 0.25) is 0 Å². The van der Waals surface area contributed by atoms with Crippen molar-refractivity contribution in [3.63, 3.8) is 0 Å². The van der Waals surface area contributed by atoms with Crippen LogP contribution in [0.4, 0.5) is 0 Å². The minimum absolute atomic E-state index is 0.0499. The molecule has 0 radical (unpaired) electrons. The van der Waals surface area contributed by atoms with E-state index in [2.05, 4.69) is 56.4 Å². The van der Waals surface area contributed by atoms with E-state index >= 15 is 0 Å². The Balaban J connectivity index is 7.78. The summed E-state index contributed by atoms with van der Waals surface area (Å²) in [6.45, 7) is 14.9. The van der Waals surface area contributed by atoms with Crippen LogP contribution in [0, 0.1) is 27.1 Å². The predicted molar refractivity (Wildman–Crippen MR) is 406 cm³/mol. The number of hydrogen-bond donors (Lipinski definition) is 5. The molecule has 0 saturated heterocycles. The van der Waals surface area contributed by atoms with Crippen molar-refractivity contribution in [2.45, 2.75) is 153 Å². The fraction of sp³-hybridized carbons (Fsp3) is 0.864. The molecule has 0 aromatic carbocycles. The molecule has 0 aliphatic heterocycles. The third kappa shape index (κ3) is 42.1. The zero-order valence-electron chi connectivity index (χ0n) is 65.3. The Morgan fingerprint density at radius 2 is 0.524 bits per heavy atom. The molecule has 1 N–H and O–H groups in total. The molecule has 0 spiro atoms. The number of ether oxygens (including phenoxy) is 8. The maximum absolute atomic E-state index is 14.7. The van der Waals surface area contributed by atoms with E-state index in [1.807, 2.05) is 14.1 Å². The first-order valence-electron chi connectivity index (χ1n) is 34.1. The average Bonchev–Trinajstić information content (AvgIpc) is 0.799. The van der Waals surface area contributed by atoms with Gasteiger partial charge in [-0.2, -0.15) is 58.9 Å². The standard InChI is InChI=1S/C66H122N4O27S8/c1-58(2,42-62(9,98)54(75)90-34-30-67(13,14)26-22-38-102(21,79)80)50(71)94-46-66(47-95-51(72)59(3,4)43-63(10,99)55(76)91-35-31-68(15,16)27-23-39-103(81,82)83,48-96-52(73)60(5,6)44-64(11,100)56(77)92-36-32-69(17,18)28-24-40-104(84,85)86)49-97-53(74)61(7,8)45-65(12,101)57(78)93-37-33-70(19,20)29-25-41-105(87,88)89/h21-49H2,1-20H3,(H4-4,79,80,81,82,83,84,85,86,87,88,89,98,99,100,101)/p+1. The van der Waals surface area contributed by atoms with E-state index < -0.39 is 178 Å². The molecular weight excluding hydrogens is 1540 g/mol. The van der Waals surface area contributed by atoms with Gasteiger partial charge in [-0.3, -0.25) is 47.1 Å². The zero-order valence-corrected chi connectivity index (χ0v) is 72.1. The Hall–Kier alpha value is -3.29. The highest BCUT2D eigenvalue weighted by molar-refractivity contribution is 7.95. The minimum Gasteiger partial charge on any atom is -0.778 e. The van der Waals surface area contributed by atoms with E-state index in [0.29, 0.717) is 19.5 Å². The smallest absolute Gasteiger partial charge is 0.321 e. The molecule has 39 heteroatoms. The highest BCUT2D eigenvalue weighted by Gasteiger charge is 2.50. The van der Waals surface area contributed by atoms with Crippen molar-refractivity contribution in [1.82, 2.24) is 0 Å². The first-order valence-corrected chi connectivity index (χ1v) is 42.5. The maximum Gasteiger partial charge on any atom is 0.321 e. The quantitative estimate of drug-likeness (QED) is 0.0145. The lowest BCUT2D eigenvalue weighted by Gasteiger charge is -2.38. The van der Waals surface area contributed by atoms with Crippen molar-refractivity contribution in [3.8, 4) is 0 Å². The topological polar surface area (TPSA) is 419 Å². The average molecular weight is 1660 g/mol. The Morgan fingerprint density at radius 1 is 0.333 bits per heavy atom. The van der Waals surface area contributed by atoms with Gasteiger partial charge in [-0.1, -0.05) is 15.7 Å². The molecular formula is C66H123N4O27S8+. The minimum atomic E-state index is -4.46. The van der Waals surface area contributed by atoms with Crippen molar-refractivity contribution in [3.05, 3.63) is 0 Å². The van der Waals surface area contributed by atoms with Crippen molar-refractivity contribution < 1.29 is 142 Å². The number of rotatable bonds is 52. The van der Waals surface area contributed by atoms with Crippen LogP contribution >= 0.6 is 50.5 Å². The summed E-state index contributed by atoms with van der Waals surface area (Å²) in [5.74, 6) is -6.06. The molecule has 0 rings (SSSR count). The van der Waals surface area contributed by atoms with E-state index in [-0.39, 0.29) is 134 Å². The van der Waals surface area contributed by atoms with Gasteiger partial charge in [-0.25, -0.2) is 16.8 Å². The first kappa shape index (κ1) is 102. The van der Waals surface area contributed by atoms with Crippen LogP contribution in [0.25, 0.3) is 0 Å². The molecule has 105 heavy (non-hydrogen) atoms. The molecule has 5 atom stereocenters. The number of nitrogens with zero attached hydrogens (tertiary/aromatic N) is 4. The fourth-order valence-electron chi connectivity index (χ4n) is 11.3. The Morgan fingerprint density at radius 3 is 0.705 bits per heavy atom. The molecule has 0 aliphatic carbocycles. The van der Waals surface area contributed by atoms with Gasteiger partial charge < -0.3 is 69.5 Å². The Bertz CT molecular complexity index is 2970. The lowest BCUT2D eigenvalue weighted by Crippen LogP contribution is -2.49. The van der Waals surface area contributed by atoms with E-state index in [4.69, 9.17) is 37.9 Å². The molecule has 31 nitrogen and oxygen atoms in total. The van der Waals surface area contributed by atoms with E-state index in [0.717, 1.165) is 0 Å². The van der Waals surface area contributed by atoms with E-state index in [9.17, 15) is 86.0 Å². The zero-order chi connectivity index (χ0) is 82.6. The first-order chi connectivity index (χ1) is 46.7. The summed E-state index contributed by atoms with van der Waals surface area (Å²) >= 11 is 18.5. The van der Waals surface area contributed by atoms with Crippen LogP contribution in [-0.2, 0) is 116 Å². The molecule has 0 saturated carbocycles. The van der Waals surface area contributed by atoms with Crippen LogP contribution in [0.3, 0.4) is 0 Å². The molecule has 0 bridgehead atoms. The number of carbonyl (C=O) groups excluding carboxylic acids is 8. The van der Waals surface area contributed by atoms with Crippen LogP contribution in [-0.4, -0.2) is 323 Å². The molecule has 5 unspecified atom stereocenters. The molecule has 0 aromatic rings. The normalized spacial score (nSPS) is 16.8. The summed E-state index contributed by atoms with van der Waals surface area (Å²) in [4.78, 5) is 114. The molecule has 0 heterocycles. The van der Waals surface area contributed by atoms with Gasteiger partial charge in [0.25, 0.3) is 10.1 Å². The lowest BCUT2D eigenvalue weighted by atomic mass is 9.82. The molecule has 0 fully saturated rings. The predicted octanol–water partition coefficient (Wildman–Crippen LogP) is 3.43. The number of hydrogen-bond acceptors (Lipinski definition) is 30. The SMILES string of the molecule is C=S(=O)([O-])CCC[N+](C)(C)CCOC(=O)C(C)(S)CC(C)(C)C(=O)OCC(COC(=O)C(C)(C)CC(C)(S)C(=O)OCC[N+](C)(C)CCCS(=O)(=O)[O-])(COC(=O)C(C)(C)CC(C)(S)C(=O)OCC[N+](C)(C)CCCS(=O)(=O)[O-])COC(=O)C(C)(C)CC(C)(S)C(=O)OCC[N+](C)(C)CCCS(=O)(=O)O. The van der Waals surface area contributed by atoms with Crippen LogP contribution in [0.1, 0.15) is 134 Å². The summed E-state index contributed by atoms with van der Waals surface area (Å²) in [5.41, 5.74) is -8.65. The van der Waals surface area contributed by atoms with E-state index in [1.54, 1.807) is 42.3 Å². The summed E-state index contributed by atoms with van der Waals surface area (Å²) in [5, 5.41) is 0. The van der Waals surface area contributed by atoms with Crippen molar-refractivity contribution in [2.75, 3.05) is 185 Å². The fourth-order valence-corrected chi connectivity index (χ4v) is 15.1. The van der Waals surface area contributed by atoms with Gasteiger partial charge >= 0.3 is 47.8 Å². The Kier molecular flexibility index (Phi) is 38.5. The van der Waals surface area contributed by atoms with Gasteiger partial charge in [0.05, 0.1) is 130 Å². The molecule has 616 valence electrons. The maximum atomic E-state index is 14.7. The summed E-state index contributed by atoms with van der Waals surface area (Å²) in [6.07, 6.45) is -0.899. The number of esters is 8. The van der Waals surface area contributed by atoms with Gasteiger partial charge in [0.15, 0.2) is 0 Å². The van der Waals surface area contributed by atoms with Crippen LogP contribution in [0.2, 0.25) is 0 Å². The number of likely N-dealkylation sites (N-methyl/N-ethyl adjacent to an activating group) is 4. The third-order valence-corrected chi connectivity index (χ3v) is 22.2. The summed E-state index contributed by atoms with van der Waals surface area (Å²) < 4.78 is 163. The van der Waals surface area contributed by atoms with Crippen LogP contribution < -0.4 is 0 Å². The number of thiol groups is 4. The summed E-state index contributed by atoms with van der Waals surface area (Å²) in [6, 6.07) is 0. The van der Waals surface area contributed by atoms with Crippen LogP contribution in [0.15, 0.2) is 0 Å². The Labute approximate surface area is 647 Å². The van der Waals surface area contributed by atoms with E-state index in [1.165, 1.54) is 83.1 Å². The number of carbonyl (C=O) groups is 8. The lowest BCUT2D eigenvalue weighted by molar-refractivity contribution is -0.890. The van der Waals surface area contributed by atoms with Crippen LogP contribution in [0.5, 0.6) is 0 Å². The second-order valence-electron chi connectivity index (χ2n) is 33.9. The highest BCUT2D eigenvalue weighted by atomic mass is 32.2. The van der Waals surface area contributed by atoms with Gasteiger partial charge in [-0.05, 0) is 109 Å². The monoisotopic (exact) mass is 1660 g/mol.